The van der Waals surface area contributed by atoms with Crippen LogP contribution in [-0.2, 0) is 14.3 Å². The normalized spacial score (nSPS) is 19.0. The highest BCUT2D eigenvalue weighted by Crippen LogP contribution is 2.21. The molecule has 0 aromatic rings. The third-order valence-electron chi connectivity index (χ3n) is 6.50. The molecule has 0 radical (unpaired) electrons. The van der Waals surface area contributed by atoms with Crippen LogP contribution in [0.25, 0.3) is 0 Å². The van der Waals surface area contributed by atoms with Crippen molar-refractivity contribution in [3.05, 3.63) is 0 Å². The van der Waals surface area contributed by atoms with Crippen LogP contribution in [0.4, 0.5) is 0 Å². The first-order valence-electron chi connectivity index (χ1n) is 12.8. The molecule has 5 nitrogen and oxygen atoms in total. The zero-order valence-electron chi connectivity index (χ0n) is 19.5. The number of aliphatic imine (C=N–C) groups is 1. The number of rotatable bonds is 13. The highest BCUT2D eigenvalue weighted by Gasteiger charge is 2.20. The van der Waals surface area contributed by atoms with Crippen molar-refractivity contribution in [1.29, 1.82) is 0 Å². The van der Waals surface area contributed by atoms with Gasteiger partial charge in [-0.3, -0.25) is 4.79 Å². The first kappa shape index (κ1) is 25.2. The predicted octanol–water partition coefficient (Wildman–Crippen LogP) is 6.30. The zero-order valence-corrected chi connectivity index (χ0v) is 19.5. The van der Waals surface area contributed by atoms with E-state index in [4.69, 9.17) is 14.5 Å². The Balaban J connectivity index is 1.63. The first-order valence-corrected chi connectivity index (χ1v) is 12.8. The van der Waals surface area contributed by atoms with Crippen molar-refractivity contribution in [3.63, 3.8) is 0 Å². The van der Waals surface area contributed by atoms with Crippen molar-refractivity contribution in [3.8, 4) is 0 Å². The van der Waals surface area contributed by atoms with Gasteiger partial charge in [-0.25, -0.2) is 4.99 Å². The fraction of sp³-hybridized carbons (Fsp3) is 0.920. The van der Waals surface area contributed by atoms with Crippen LogP contribution < -0.4 is 5.32 Å². The number of methoxy groups -OCH3 is 1. The molecule has 0 saturated heterocycles. The Morgan fingerprint density at radius 2 is 1.37 bits per heavy atom. The quantitative estimate of drug-likeness (QED) is 0.164. The molecule has 0 unspecified atom stereocenters. The van der Waals surface area contributed by atoms with Gasteiger partial charge in [-0.15, -0.1) is 0 Å². The Labute approximate surface area is 184 Å². The summed E-state index contributed by atoms with van der Waals surface area (Å²) in [4.78, 5) is 17.2. The van der Waals surface area contributed by atoms with E-state index in [1.165, 1.54) is 77.0 Å². The molecule has 1 N–H and O–H groups in total. The van der Waals surface area contributed by atoms with Gasteiger partial charge in [0.25, 0.3) is 6.02 Å². The van der Waals surface area contributed by atoms with Gasteiger partial charge in [-0.05, 0) is 38.5 Å². The fourth-order valence-electron chi connectivity index (χ4n) is 4.63. The van der Waals surface area contributed by atoms with Gasteiger partial charge in [0.15, 0.2) is 0 Å². The van der Waals surface area contributed by atoms with Gasteiger partial charge in [0, 0.05) is 26.2 Å². The average Bonchev–Trinajstić information content (AvgIpc) is 2.76. The Morgan fingerprint density at radius 1 is 0.800 bits per heavy atom. The summed E-state index contributed by atoms with van der Waals surface area (Å²) in [5, 5.41) is 3.47. The largest absolute Gasteiger partial charge is 0.393 e. The summed E-state index contributed by atoms with van der Waals surface area (Å²) in [5.41, 5.74) is 0. The summed E-state index contributed by atoms with van der Waals surface area (Å²) in [5.74, 6) is -0.118. The van der Waals surface area contributed by atoms with Crippen LogP contribution in [0.3, 0.4) is 0 Å². The number of carbonyl (C=O) groups excluding carboxylic acids is 1. The third kappa shape index (κ3) is 11.9. The molecule has 0 amide bonds. The van der Waals surface area contributed by atoms with Crippen LogP contribution in [0.2, 0.25) is 0 Å². The fourth-order valence-corrected chi connectivity index (χ4v) is 4.63. The van der Waals surface area contributed by atoms with Crippen LogP contribution in [0.1, 0.15) is 122 Å². The lowest BCUT2D eigenvalue weighted by Crippen LogP contribution is -2.39. The summed E-state index contributed by atoms with van der Waals surface area (Å²) in [6, 6.07) is 1.24. The minimum Gasteiger partial charge on any atom is -0.393 e. The lowest BCUT2D eigenvalue weighted by atomic mass is 9.95. The Bertz CT molecular complexity index is 469. The third-order valence-corrected chi connectivity index (χ3v) is 6.50. The van der Waals surface area contributed by atoms with Crippen LogP contribution >= 0.6 is 0 Å². The van der Waals surface area contributed by atoms with E-state index in [0.717, 1.165) is 45.1 Å². The molecule has 0 aromatic carbocycles. The topological polar surface area (TPSA) is 59.9 Å². The maximum Gasteiger partial charge on any atom is 0.313 e. The molecule has 0 aliphatic heterocycles. The minimum atomic E-state index is -0.118. The molecule has 0 spiro atoms. The summed E-state index contributed by atoms with van der Waals surface area (Å²) in [6.45, 7) is 0.879. The molecule has 0 atom stereocenters. The number of amidine groups is 1. The van der Waals surface area contributed by atoms with Crippen LogP contribution in [0.15, 0.2) is 4.99 Å². The monoisotopic (exact) mass is 422 g/mol. The summed E-state index contributed by atoms with van der Waals surface area (Å²) >= 11 is 0. The van der Waals surface area contributed by atoms with Gasteiger partial charge < -0.3 is 14.8 Å². The van der Waals surface area contributed by atoms with Crippen molar-refractivity contribution < 1.29 is 14.3 Å². The molecular formula is C25H46N2O3. The molecule has 0 aromatic heterocycles. The molecule has 0 heterocycles. The van der Waals surface area contributed by atoms with Crippen molar-refractivity contribution in [2.75, 3.05) is 13.7 Å². The number of carbonyl (C=O) groups is 1. The summed E-state index contributed by atoms with van der Waals surface area (Å²) in [7, 11) is 1.77. The minimum absolute atomic E-state index is 0.118. The number of nitrogens with one attached hydrogen (secondary N) is 1. The van der Waals surface area contributed by atoms with Gasteiger partial charge >= 0.3 is 5.97 Å². The number of nitrogens with zero attached hydrogens (tertiary/aromatic N) is 1. The lowest BCUT2D eigenvalue weighted by molar-refractivity contribution is -0.136. The second-order valence-electron chi connectivity index (χ2n) is 9.25. The molecule has 2 rings (SSSR count). The highest BCUT2D eigenvalue weighted by atomic mass is 16.6. The molecule has 2 aliphatic carbocycles. The molecule has 2 saturated carbocycles. The van der Waals surface area contributed by atoms with Gasteiger partial charge in [-0.2, -0.15) is 0 Å². The summed E-state index contributed by atoms with van der Waals surface area (Å²) in [6.07, 6.45) is 22.2. The Hall–Kier alpha value is -1.10. The second kappa shape index (κ2) is 16.6. The van der Waals surface area contributed by atoms with Gasteiger partial charge in [-0.1, -0.05) is 77.0 Å². The standard InChI is InChI=1S/C25H46N2O3/c1-29-21-15-7-5-3-2-4-6-14-20-24(28)30-25(26-22-16-10-8-11-17-22)27-23-18-12-9-13-19-23/h22-23H,2-21H2,1H3,(H,26,27). The van der Waals surface area contributed by atoms with Gasteiger partial charge in [0.05, 0.1) is 6.04 Å². The summed E-state index contributed by atoms with van der Waals surface area (Å²) < 4.78 is 10.8. The maximum atomic E-state index is 12.4. The number of unbranched alkanes of at least 4 members (excludes halogenated alkanes) is 7. The molecular weight excluding hydrogens is 376 g/mol. The van der Waals surface area contributed by atoms with Crippen molar-refractivity contribution in [2.45, 2.75) is 134 Å². The van der Waals surface area contributed by atoms with Gasteiger partial charge in [0.1, 0.15) is 0 Å². The predicted molar refractivity (Wildman–Crippen MR) is 124 cm³/mol. The molecule has 2 aliphatic rings. The van der Waals surface area contributed by atoms with E-state index in [0.29, 0.717) is 24.5 Å². The SMILES string of the molecule is COCCCCCCCCCCC(=O)OC(=NC1CCCCC1)NC1CCCCC1. The molecule has 174 valence electrons. The van der Waals surface area contributed by atoms with E-state index in [-0.39, 0.29) is 5.97 Å². The highest BCUT2D eigenvalue weighted by molar-refractivity contribution is 5.87. The van der Waals surface area contributed by atoms with Crippen LogP contribution in [0, 0.1) is 0 Å². The first-order chi connectivity index (χ1) is 14.8. The van der Waals surface area contributed by atoms with E-state index >= 15 is 0 Å². The van der Waals surface area contributed by atoms with E-state index in [1.807, 2.05) is 0 Å². The van der Waals surface area contributed by atoms with E-state index in [9.17, 15) is 4.79 Å². The van der Waals surface area contributed by atoms with E-state index < -0.39 is 0 Å². The van der Waals surface area contributed by atoms with Crippen LogP contribution in [-0.4, -0.2) is 37.8 Å². The lowest BCUT2D eigenvalue weighted by Gasteiger charge is -2.25. The van der Waals surface area contributed by atoms with E-state index in [2.05, 4.69) is 5.32 Å². The number of ether oxygens (including phenoxy) is 2. The number of esters is 1. The molecule has 0 bridgehead atoms. The van der Waals surface area contributed by atoms with Crippen molar-refractivity contribution >= 4 is 12.0 Å². The van der Waals surface area contributed by atoms with Crippen LogP contribution in [0.5, 0.6) is 0 Å². The molecule has 2 fully saturated rings. The molecule has 5 heteroatoms. The molecule has 30 heavy (non-hydrogen) atoms. The number of hydrogen-bond acceptors (Lipinski definition) is 4. The smallest absolute Gasteiger partial charge is 0.313 e. The van der Waals surface area contributed by atoms with Crippen molar-refractivity contribution in [1.82, 2.24) is 5.32 Å². The van der Waals surface area contributed by atoms with Crippen molar-refractivity contribution in [2.24, 2.45) is 4.99 Å². The Kier molecular flexibility index (Phi) is 13.9. The Morgan fingerprint density at radius 3 is 2.00 bits per heavy atom. The van der Waals surface area contributed by atoms with E-state index in [1.54, 1.807) is 7.11 Å². The van der Waals surface area contributed by atoms with Gasteiger partial charge in [0.2, 0.25) is 0 Å². The zero-order chi connectivity index (χ0) is 21.3. The average molecular weight is 423 g/mol. The maximum absolute atomic E-state index is 12.4. The second-order valence-corrected chi connectivity index (χ2v) is 9.25. The number of hydrogen-bond donors (Lipinski definition) is 1.